The van der Waals surface area contributed by atoms with Crippen LogP contribution in [0, 0.1) is 24.2 Å². The van der Waals surface area contributed by atoms with E-state index in [-0.39, 0.29) is 54.6 Å². The number of aliphatic hydroxyl groups excluding tert-OH is 1. The van der Waals surface area contributed by atoms with Crippen LogP contribution in [0.1, 0.15) is 90.3 Å². The molecule has 206 valence electrons. The molecule has 0 aromatic carbocycles. The number of aromatic nitrogens is 1. The van der Waals surface area contributed by atoms with Crippen molar-refractivity contribution in [1.82, 2.24) is 10.3 Å². The van der Waals surface area contributed by atoms with Crippen molar-refractivity contribution in [1.29, 1.82) is 0 Å². The van der Waals surface area contributed by atoms with Gasteiger partial charge in [-0.25, -0.2) is 4.98 Å². The lowest BCUT2D eigenvalue weighted by molar-refractivity contribution is -0.140. The van der Waals surface area contributed by atoms with Crippen LogP contribution in [0.25, 0.3) is 6.08 Å². The quantitative estimate of drug-likeness (QED) is 0.502. The molecule has 1 aromatic heterocycles. The van der Waals surface area contributed by atoms with E-state index in [0.29, 0.717) is 6.42 Å². The fourth-order valence-electron chi connectivity index (χ4n) is 5.64. The molecule has 0 spiro atoms. The molecule has 4 N–H and O–H groups in total. The largest absolute Gasteiger partial charge is 0.392 e. The zero-order chi connectivity index (χ0) is 27.5. The zero-order valence-corrected chi connectivity index (χ0v) is 23.8. The number of amides is 2. The van der Waals surface area contributed by atoms with Crippen LogP contribution in [0.2, 0.25) is 0 Å². The number of ether oxygens (including phenoxy) is 1. The predicted octanol–water partition coefficient (Wildman–Crippen LogP) is 3.94. The van der Waals surface area contributed by atoms with Crippen LogP contribution in [0.5, 0.6) is 0 Å². The first-order chi connectivity index (χ1) is 17.2. The van der Waals surface area contributed by atoms with E-state index in [1.54, 1.807) is 25.2 Å². The molecule has 9 heteroatoms. The second kappa shape index (κ2) is 11.7. The van der Waals surface area contributed by atoms with Crippen molar-refractivity contribution in [2.75, 3.05) is 0 Å². The minimum atomic E-state index is -1.13. The van der Waals surface area contributed by atoms with Gasteiger partial charge in [-0.1, -0.05) is 27.2 Å². The monoisotopic (exact) mass is 533 g/mol. The van der Waals surface area contributed by atoms with E-state index in [9.17, 15) is 19.5 Å². The van der Waals surface area contributed by atoms with E-state index in [4.69, 9.17) is 10.5 Å². The average Bonchev–Trinajstić information content (AvgIpc) is 3.26. The molecule has 7 atom stereocenters. The van der Waals surface area contributed by atoms with E-state index in [2.05, 4.69) is 17.2 Å². The Balaban J connectivity index is 1.87. The molecule has 2 saturated heterocycles. The van der Waals surface area contributed by atoms with E-state index in [0.717, 1.165) is 35.5 Å². The highest BCUT2D eigenvalue weighted by Crippen LogP contribution is 2.44. The first kappa shape index (κ1) is 29.5. The number of thiazole rings is 1. The first-order valence-corrected chi connectivity index (χ1v) is 14.2. The molecule has 0 saturated carbocycles. The van der Waals surface area contributed by atoms with Crippen molar-refractivity contribution in [3.8, 4) is 0 Å². The molecule has 1 aromatic rings. The third-order valence-electron chi connectivity index (χ3n) is 8.29. The first-order valence-electron chi connectivity index (χ1n) is 13.3. The number of hydrogen-bond donors (Lipinski definition) is 3. The maximum absolute atomic E-state index is 13.5. The van der Waals surface area contributed by atoms with Gasteiger partial charge in [0.2, 0.25) is 11.8 Å². The van der Waals surface area contributed by atoms with Gasteiger partial charge in [0.1, 0.15) is 5.78 Å². The molecular formula is C28H43N3O5S. The molecule has 2 amide bonds. The summed E-state index contributed by atoms with van der Waals surface area (Å²) in [6.45, 7) is 11.4. The molecule has 37 heavy (non-hydrogen) atoms. The number of aryl methyl sites for hydroxylation is 1. The Morgan fingerprint density at radius 1 is 1.32 bits per heavy atom. The molecule has 0 bridgehead atoms. The minimum Gasteiger partial charge on any atom is -0.392 e. The number of carbonyl (C=O) groups excluding carboxylic acids is 3. The number of fused-ring (bicyclic) bond motifs is 1. The summed E-state index contributed by atoms with van der Waals surface area (Å²) in [5.74, 6) is -1.79. The van der Waals surface area contributed by atoms with E-state index in [1.165, 1.54) is 0 Å². The number of nitrogens with one attached hydrogen (secondary N) is 1. The number of rotatable bonds is 4. The normalized spacial score (nSPS) is 36.5. The highest BCUT2D eigenvalue weighted by molar-refractivity contribution is 7.09. The third kappa shape index (κ3) is 7.48. The average molecular weight is 534 g/mol. The van der Waals surface area contributed by atoms with Crippen LogP contribution < -0.4 is 11.1 Å². The summed E-state index contributed by atoms with van der Waals surface area (Å²) >= 11 is 1.58. The van der Waals surface area contributed by atoms with Crippen LogP contribution in [0.4, 0.5) is 0 Å². The van der Waals surface area contributed by atoms with Crippen molar-refractivity contribution in [3.63, 3.8) is 0 Å². The van der Waals surface area contributed by atoms with Crippen LogP contribution in [-0.4, -0.2) is 51.5 Å². The molecule has 8 nitrogen and oxygen atoms in total. The van der Waals surface area contributed by atoms with Gasteiger partial charge in [0.05, 0.1) is 34.6 Å². The molecule has 2 aliphatic heterocycles. The lowest BCUT2D eigenvalue weighted by Crippen LogP contribution is -2.43. The van der Waals surface area contributed by atoms with Crippen LogP contribution in [0.3, 0.4) is 0 Å². The highest BCUT2D eigenvalue weighted by Gasteiger charge is 2.52. The number of aliphatic hydroxyl groups is 1. The number of epoxide rings is 1. The maximum Gasteiger partial charge on any atom is 0.220 e. The fourth-order valence-corrected chi connectivity index (χ4v) is 6.21. The van der Waals surface area contributed by atoms with Gasteiger partial charge in [0, 0.05) is 36.0 Å². The molecule has 2 fully saturated rings. The lowest BCUT2D eigenvalue weighted by atomic mass is 9.71. The predicted molar refractivity (Wildman–Crippen MR) is 145 cm³/mol. The number of Topliss-reactive ketones (excluding diaryl/α,β-unsaturated/α-hetero) is 1. The van der Waals surface area contributed by atoms with Gasteiger partial charge >= 0.3 is 0 Å². The third-order valence-corrected chi connectivity index (χ3v) is 9.08. The Bertz CT molecular complexity index is 1040. The number of carbonyl (C=O) groups is 3. The number of primary amides is 1. The van der Waals surface area contributed by atoms with Crippen LogP contribution in [-0.2, 0) is 19.1 Å². The van der Waals surface area contributed by atoms with Gasteiger partial charge in [0.15, 0.2) is 0 Å². The van der Waals surface area contributed by atoms with Gasteiger partial charge in [-0.05, 0) is 57.6 Å². The Labute approximate surface area is 224 Å². The van der Waals surface area contributed by atoms with Gasteiger partial charge in [-0.2, -0.15) is 0 Å². The number of nitrogens with zero attached hydrogens (tertiary/aromatic N) is 1. The maximum atomic E-state index is 13.5. The molecule has 3 heterocycles. The summed E-state index contributed by atoms with van der Waals surface area (Å²) in [7, 11) is 0. The Kier molecular flexibility index (Phi) is 9.35. The molecule has 2 aliphatic rings. The summed E-state index contributed by atoms with van der Waals surface area (Å²) in [5, 5.41) is 17.1. The second-order valence-electron chi connectivity index (χ2n) is 11.7. The summed E-state index contributed by atoms with van der Waals surface area (Å²) in [6.07, 6.45) is 4.35. The molecule has 0 unspecified atom stereocenters. The summed E-state index contributed by atoms with van der Waals surface area (Å²) in [5.41, 5.74) is 5.96. The van der Waals surface area contributed by atoms with Gasteiger partial charge in [-0.3, -0.25) is 14.4 Å². The van der Waals surface area contributed by atoms with Crippen LogP contribution in [0.15, 0.2) is 11.0 Å². The topological polar surface area (TPSA) is 135 Å². The summed E-state index contributed by atoms with van der Waals surface area (Å²) in [6, 6.07) is -0.244. The molecule has 0 aliphatic carbocycles. The van der Waals surface area contributed by atoms with Crippen molar-refractivity contribution in [2.24, 2.45) is 23.0 Å². The van der Waals surface area contributed by atoms with E-state index < -0.39 is 23.3 Å². The van der Waals surface area contributed by atoms with Gasteiger partial charge in [-0.15, -0.1) is 11.3 Å². The lowest BCUT2D eigenvalue weighted by Gasteiger charge is -2.33. The fraction of sp³-hybridized carbons (Fsp3) is 0.714. The molecule has 0 radical (unpaired) electrons. The molecule has 3 rings (SSSR count). The zero-order valence-electron chi connectivity index (χ0n) is 23.0. The SMILES string of the molecule is C/C(=C\c1csc(C)n1)[C@@H]1C[C@@H]2O[C@]2(C)CCC[C@H](C)[C@H](O)[C@@H](C)C(=O)[C@](C)(CC(N)=O)CCC(=O)N1. The van der Waals surface area contributed by atoms with Crippen molar-refractivity contribution < 1.29 is 24.2 Å². The summed E-state index contributed by atoms with van der Waals surface area (Å²) in [4.78, 5) is 43.1. The van der Waals surface area contributed by atoms with Crippen molar-refractivity contribution >= 4 is 35.0 Å². The number of hydrogen-bond acceptors (Lipinski definition) is 7. The van der Waals surface area contributed by atoms with Crippen molar-refractivity contribution in [2.45, 2.75) is 110 Å². The van der Waals surface area contributed by atoms with Crippen LogP contribution >= 0.6 is 11.3 Å². The van der Waals surface area contributed by atoms with E-state index in [1.807, 2.05) is 32.2 Å². The number of nitrogens with two attached hydrogens (primary N) is 1. The van der Waals surface area contributed by atoms with Gasteiger partial charge in [0.25, 0.3) is 0 Å². The van der Waals surface area contributed by atoms with Crippen molar-refractivity contribution in [3.05, 3.63) is 21.7 Å². The summed E-state index contributed by atoms with van der Waals surface area (Å²) < 4.78 is 6.12. The van der Waals surface area contributed by atoms with Gasteiger partial charge < -0.3 is 20.9 Å². The highest BCUT2D eigenvalue weighted by atomic mass is 32.1. The Hall–Kier alpha value is -2.10. The molecular weight excluding hydrogens is 490 g/mol. The Morgan fingerprint density at radius 3 is 2.65 bits per heavy atom. The number of ketones is 1. The van der Waals surface area contributed by atoms with E-state index >= 15 is 0 Å². The second-order valence-corrected chi connectivity index (χ2v) is 12.7. The Morgan fingerprint density at radius 2 is 2.03 bits per heavy atom. The standard InChI is InChI=1S/C28H43N3O5S/c1-16-8-7-10-28(6)22(36-28)13-21(17(2)12-20-15-37-19(4)30-20)31-24(33)9-11-27(5,14-23(29)32)26(35)18(3)25(16)34/h12,15-16,18,21-22,25,34H,7-11,13-14H2,1-6H3,(H2,29,32)(H,31,33)/b17-12+/t16-,18+,21-,22-,25-,27-,28+/m0/s1. The smallest absolute Gasteiger partial charge is 0.220 e. The minimum absolute atomic E-state index is 0.0204.